The molecule has 0 aromatic carbocycles. The molecule has 2 aromatic rings. The second-order valence-electron chi connectivity index (χ2n) is 3.75. The van der Waals surface area contributed by atoms with Gasteiger partial charge in [-0.1, -0.05) is 0 Å². The van der Waals surface area contributed by atoms with Crippen LogP contribution < -0.4 is 5.73 Å². The first kappa shape index (κ1) is 13.1. The number of nitrogen functional groups attached to an aromatic ring is 1. The maximum absolute atomic E-state index is 11.8. The number of nitrogens with two attached hydrogens (primary N) is 1. The zero-order chi connectivity index (χ0) is 13.3. The number of halogens is 1. The summed E-state index contributed by atoms with van der Waals surface area (Å²) < 4.78 is 7.77. The molecular weight excluding hydrogens is 318 g/mol. The number of carbonyl (C=O) groups is 1. The van der Waals surface area contributed by atoms with Gasteiger partial charge in [-0.25, -0.2) is 4.79 Å². The fourth-order valence-electron chi connectivity index (χ4n) is 1.52. The van der Waals surface area contributed by atoms with Gasteiger partial charge < -0.3 is 10.5 Å². The Labute approximate surface area is 117 Å². The Kier molecular flexibility index (Phi) is 3.72. The van der Waals surface area contributed by atoms with E-state index in [1.165, 1.54) is 11.3 Å². The fourth-order valence-corrected chi connectivity index (χ4v) is 2.68. The topological polar surface area (TPSA) is 70.1 Å². The van der Waals surface area contributed by atoms with Gasteiger partial charge in [0, 0.05) is 7.05 Å². The molecule has 0 aliphatic heterocycles. The Hall–Kier alpha value is -1.34. The first-order valence-corrected chi connectivity index (χ1v) is 6.86. The summed E-state index contributed by atoms with van der Waals surface area (Å²) >= 11 is 4.69. The Morgan fingerprint density at radius 3 is 2.89 bits per heavy atom. The number of ether oxygens (including phenoxy) is 1. The molecule has 0 amide bonds. The van der Waals surface area contributed by atoms with Crippen LogP contribution in [0.25, 0.3) is 0 Å². The molecule has 0 radical (unpaired) electrons. The van der Waals surface area contributed by atoms with Crippen molar-refractivity contribution in [2.24, 2.45) is 7.05 Å². The predicted octanol–water partition coefficient (Wildman–Crippen LogP) is 2.49. The summed E-state index contributed by atoms with van der Waals surface area (Å²) in [6.07, 6.45) is 0. The highest BCUT2D eigenvalue weighted by Crippen LogP contribution is 2.23. The van der Waals surface area contributed by atoms with Crippen LogP contribution in [0.4, 0.5) is 5.69 Å². The largest absolute Gasteiger partial charge is 0.455 e. The number of nitrogens with zero attached hydrogens (tertiary/aromatic N) is 2. The van der Waals surface area contributed by atoms with Crippen LogP contribution in [0.5, 0.6) is 0 Å². The lowest BCUT2D eigenvalue weighted by molar-refractivity contribution is 0.0469. The highest BCUT2D eigenvalue weighted by molar-refractivity contribution is 9.10. The van der Waals surface area contributed by atoms with Gasteiger partial charge in [-0.2, -0.15) is 5.10 Å². The summed E-state index contributed by atoms with van der Waals surface area (Å²) in [5.74, 6) is -0.409. The van der Waals surface area contributed by atoms with Gasteiger partial charge in [0.2, 0.25) is 0 Å². The van der Waals surface area contributed by atoms with E-state index in [1.807, 2.05) is 6.92 Å². The molecule has 2 aromatic heterocycles. The lowest BCUT2D eigenvalue weighted by Gasteiger charge is -2.05. The zero-order valence-electron chi connectivity index (χ0n) is 9.94. The quantitative estimate of drug-likeness (QED) is 0.878. The molecule has 18 heavy (non-hydrogen) atoms. The Morgan fingerprint density at radius 2 is 2.39 bits per heavy atom. The van der Waals surface area contributed by atoms with Gasteiger partial charge >= 0.3 is 5.97 Å². The summed E-state index contributed by atoms with van der Waals surface area (Å²) in [7, 11) is 1.81. The number of aryl methyl sites for hydroxylation is 2. The van der Waals surface area contributed by atoms with Gasteiger partial charge in [-0.15, -0.1) is 11.3 Å². The number of rotatable bonds is 3. The number of hydrogen-bond acceptors (Lipinski definition) is 5. The summed E-state index contributed by atoms with van der Waals surface area (Å²) in [5.41, 5.74) is 7.78. The van der Waals surface area contributed by atoms with E-state index in [0.717, 1.165) is 15.9 Å². The van der Waals surface area contributed by atoms with E-state index in [2.05, 4.69) is 21.0 Å². The summed E-state index contributed by atoms with van der Waals surface area (Å²) in [4.78, 5) is 12.2. The zero-order valence-corrected chi connectivity index (χ0v) is 12.3. The predicted molar refractivity (Wildman–Crippen MR) is 73.5 cm³/mol. The van der Waals surface area contributed by atoms with Crippen molar-refractivity contribution in [1.82, 2.24) is 9.78 Å². The van der Waals surface area contributed by atoms with Gasteiger partial charge in [0.1, 0.15) is 11.5 Å². The molecule has 7 heteroatoms. The lowest BCUT2D eigenvalue weighted by atomic mass is 10.4. The van der Waals surface area contributed by atoms with Crippen LogP contribution in [-0.4, -0.2) is 15.7 Å². The van der Waals surface area contributed by atoms with Crippen LogP contribution in [0.3, 0.4) is 0 Å². The molecule has 2 heterocycles. The maximum Gasteiger partial charge on any atom is 0.350 e. The van der Waals surface area contributed by atoms with Crippen molar-refractivity contribution in [1.29, 1.82) is 0 Å². The van der Waals surface area contributed by atoms with Gasteiger partial charge in [-0.3, -0.25) is 4.68 Å². The monoisotopic (exact) mass is 329 g/mol. The van der Waals surface area contributed by atoms with Crippen molar-refractivity contribution in [3.05, 3.63) is 32.2 Å². The third-order valence-corrected chi connectivity index (χ3v) is 4.42. The molecule has 0 atom stereocenters. The fraction of sp³-hybridized carbons (Fsp3) is 0.273. The van der Waals surface area contributed by atoms with E-state index in [9.17, 15) is 4.79 Å². The summed E-state index contributed by atoms with van der Waals surface area (Å²) in [6.45, 7) is 2.04. The van der Waals surface area contributed by atoms with Crippen LogP contribution >= 0.6 is 27.3 Å². The van der Waals surface area contributed by atoms with Crippen molar-refractivity contribution >= 4 is 38.9 Å². The first-order chi connectivity index (χ1) is 8.50. The Balaban J connectivity index is 2.09. The van der Waals surface area contributed by atoms with E-state index in [1.54, 1.807) is 23.2 Å². The van der Waals surface area contributed by atoms with Gasteiger partial charge in [-0.05, 0) is 34.3 Å². The van der Waals surface area contributed by atoms with Gasteiger partial charge in [0.25, 0.3) is 0 Å². The molecule has 0 saturated carbocycles. The molecule has 0 aliphatic rings. The maximum atomic E-state index is 11.8. The van der Waals surface area contributed by atoms with E-state index < -0.39 is 5.97 Å². The average Bonchev–Trinajstić information content (AvgIpc) is 2.83. The van der Waals surface area contributed by atoms with Crippen LogP contribution in [0.15, 0.2) is 15.9 Å². The van der Waals surface area contributed by atoms with Crippen molar-refractivity contribution in [3.8, 4) is 0 Å². The first-order valence-electron chi connectivity index (χ1n) is 5.18. The number of aromatic nitrogens is 2. The van der Waals surface area contributed by atoms with E-state index in [-0.39, 0.29) is 6.61 Å². The molecule has 0 fully saturated rings. The normalized spacial score (nSPS) is 10.6. The second-order valence-corrected chi connectivity index (χ2v) is 5.46. The average molecular weight is 330 g/mol. The van der Waals surface area contributed by atoms with Crippen LogP contribution in [0, 0.1) is 6.92 Å². The number of anilines is 1. The minimum atomic E-state index is -0.409. The highest BCUT2D eigenvalue weighted by Gasteiger charge is 2.16. The van der Waals surface area contributed by atoms with Crippen molar-refractivity contribution in [3.63, 3.8) is 0 Å². The minimum absolute atomic E-state index is 0.161. The number of carbonyl (C=O) groups excluding carboxylic acids is 1. The van der Waals surface area contributed by atoms with E-state index >= 15 is 0 Å². The number of thiophene rings is 1. The molecule has 0 aliphatic carbocycles. The standard InChI is InChI=1S/C11H12BrN3O2S/c1-6-9(12)8(15(2)14-6)5-17-11(16)10-7(13)3-4-18-10/h3-4H,5,13H2,1-2H3. The van der Waals surface area contributed by atoms with E-state index in [4.69, 9.17) is 10.5 Å². The van der Waals surface area contributed by atoms with Crippen LogP contribution in [0.2, 0.25) is 0 Å². The van der Waals surface area contributed by atoms with E-state index in [0.29, 0.717) is 10.6 Å². The van der Waals surface area contributed by atoms with Crippen LogP contribution in [0.1, 0.15) is 21.1 Å². The minimum Gasteiger partial charge on any atom is -0.455 e. The highest BCUT2D eigenvalue weighted by atomic mass is 79.9. The van der Waals surface area contributed by atoms with Gasteiger partial charge in [0.15, 0.2) is 0 Å². The third-order valence-electron chi connectivity index (χ3n) is 2.48. The third kappa shape index (κ3) is 2.41. The molecular formula is C11H12BrN3O2S. The van der Waals surface area contributed by atoms with Crippen molar-refractivity contribution in [2.75, 3.05) is 5.73 Å². The van der Waals surface area contributed by atoms with Crippen molar-refractivity contribution in [2.45, 2.75) is 13.5 Å². The van der Waals surface area contributed by atoms with Crippen LogP contribution in [-0.2, 0) is 18.4 Å². The molecule has 0 bridgehead atoms. The molecule has 5 nitrogen and oxygen atoms in total. The Bertz CT molecular complexity index is 591. The molecule has 0 unspecified atom stereocenters. The lowest BCUT2D eigenvalue weighted by Crippen LogP contribution is -2.08. The number of hydrogen-bond donors (Lipinski definition) is 1. The molecule has 2 N–H and O–H groups in total. The summed E-state index contributed by atoms with van der Waals surface area (Å²) in [6, 6.07) is 1.69. The Morgan fingerprint density at radius 1 is 1.67 bits per heavy atom. The summed E-state index contributed by atoms with van der Waals surface area (Å²) in [5, 5.41) is 5.99. The smallest absolute Gasteiger partial charge is 0.350 e. The van der Waals surface area contributed by atoms with Crippen molar-refractivity contribution < 1.29 is 9.53 Å². The van der Waals surface area contributed by atoms with Gasteiger partial charge in [0.05, 0.1) is 21.5 Å². The molecule has 0 saturated heterocycles. The molecule has 2 rings (SSSR count). The number of esters is 1. The SMILES string of the molecule is Cc1nn(C)c(COC(=O)c2sccc2N)c1Br. The molecule has 96 valence electrons. The second kappa shape index (κ2) is 5.11. The molecule has 0 spiro atoms.